The van der Waals surface area contributed by atoms with Gasteiger partial charge in [-0.1, -0.05) is 12.1 Å². The number of rotatable bonds is 9. The molecule has 4 nitrogen and oxygen atoms in total. The lowest BCUT2D eigenvalue weighted by Gasteiger charge is -2.11. The van der Waals surface area contributed by atoms with Gasteiger partial charge in [-0.25, -0.2) is 13.8 Å². The van der Waals surface area contributed by atoms with E-state index in [1.54, 1.807) is 30.0 Å². The van der Waals surface area contributed by atoms with Crippen molar-refractivity contribution in [3.63, 3.8) is 0 Å². The SMILES string of the molecule is CCNC(=NCc1cccc(OCC(F)F)c1)NCCSC. The summed E-state index contributed by atoms with van der Waals surface area (Å²) in [4.78, 5) is 4.47. The highest BCUT2D eigenvalue weighted by Gasteiger charge is 2.04. The Morgan fingerprint density at radius 2 is 2.18 bits per heavy atom. The van der Waals surface area contributed by atoms with Crippen LogP contribution in [0, 0.1) is 0 Å². The summed E-state index contributed by atoms with van der Waals surface area (Å²) in [7, 11) is 0. The van der Waals surface area contributed by atoms with Crippen molar-refractivity contribution in [2.75, 3.05) is 31.7 Å². The van der Waals surface area contributed by atoms with Crippen LogP contribution in [-0.2, 0) is 6.54 Å². The minimum Gasteiger partial charge on any atom is -0.488 e. The largest absolute Gasteiger partial charge is 0.488 e. The van der Waals surface area contributed by atoms with Crippen LogP contribution in [0.15, 0.2) is 29.3 Å². The van der Waals surface area contributed by atoms with Gasteiger partial charge in [0.05, 0.1) is 6.54 Å². The van der Waals surface area contributed by atoms with Crippen molar-refractivity contribution in [1.29, 1.82) is 0 Å². The number of nitrogens with zero attached hydrogens (tertiary/aromatic N) is 1. The second kappa shape index (κ2) is 11.1. The summed E-state index contributed by atoms with van der Waals surface area (Å²) in [5.74, 6) is 2.19. The van der Waals surface area contributed by atoms with Crippen LogP contribution in [0.1, 0.15) is 12.5 Å². The van der Waals surface area contributed by atoms with Gasteiger partial charge in [0.1, 0.15) is 12.4 Å². The van der Waals surface area contributed by atoms with E-state index in [2.05, 4.69) is 21.9 Å². The first kappa shape index (κ1) is 18.5. The van der Waals surface area contributed by atoms with E-state index in [0.29, 0.717) is 12.3 Å². The van der Waals surface area contributed by atoms with Gasteiger partial charge < -0.3 is 15.4 Å². The molecule has 124 valence electrons. The Hall–Kier alpha value is -1.50. The van der Waals surface area contributed by atoms with Crippen LogP contribution in [-0.4, -0.2) is 44.1 Å². The summed E-state index contributed by atoms with van der Waals surface area (Å²) < 4.78 is 29.3. The molecule has 1 aromatic rings. The summed E-state index contributed by atoms with van der Waals surface area (Å²) in [6, 6.07) is 7.07. The van der Waals surface area contributed by atoms with Gasteiger partial charge in [-0.05, 0) is 30.9 Å². The molecule has 1 rings (SSSR count). The average molecular weight is 331 g/mol. The monoisotopic (exact) mass is 331 g/mol. The van der Waals surface area contributed by atoms with Gasteiger partial charge in [-0.3, -0.25) is 0 Å². The summed E-state index contributed by atoms with van der Waals surface area (Å²) in [5, 5.41) is 6.40. The number of alkyl halides is 2. The first-order chi connectivity index (χ1) is 10.7. The smallest absolute Gasteiger partial charge is 0.272 e. The lowest BCUT2D eigenvalue weighted by Crippen LogP contribution is -2.38. The third-order valence-corrected chi connectivity index (χ3v) is 3.25. The fourth-order valence-corrected chi connectivity index (χ4v) is 1.98. The molecule has 0 atom stereocenters. The normalized spacial score (nSPS) is 11.6. The molecule has 2 N–H and O–H groups in total. The summed E-state index contributed by atoms with van der Waals surface area (Å²) in [6.45, 7) is 3.49. The lowest BCUT2D eigenvalue weighted by molar-refractivity contribution is 0.0818. The minimum absolute atomic E-state index is 0.438. The summed E-state index contributed by atoms with van der Waals surface area (Å²) in [6.07, 6.45) is -0.418. The van der Waals surface area contributed by atoms with Gasteiger partial charge in [-0.2, -0.15) is 11.8 Å². The van der Waals surface area contributed by atoms with E-state index in [-0.39, 0.29) is 0 Å². The molecule has 0 heterocycles. The Morgan fingerprint density at radius 3 is 2.86 bits per heavy atom. The van der Waals surface area contributed by atoms with Gasteiger partial charge in [0.25, 0.3) is 6.43 Å². The van der Waals surface area contributed by atoms with Crippen LogP contribution in [0.4, 0.5) is 8.78 Å². The van der Waals surface area contributed by atoms with Crippen LogP contribution >= 0.6 is 11.8 Å². The molecule has 0 fully saturated rings. The molecule has 7 heteroatoms. The molecule has 22 heavy (non-hydrogen) atoms. The molecule has 0 spiro atoms. The number of thioether (sulfide) groups is 1. The van der Waals surface area contributed by atoms with Crippen LogP contribution in [0.5, 0.6) is 5.75 Å². The third kappa shape index (κ3) is 8.07. The van der Waals surface area contributed by atoms with E-state index in [9.17, 15) is 8.78 Å². The minimum atomic E-state index is -2.47. The van der Waals surface area contributed by atoms with E-state index < -0.39 is 13.0 Å². The van der Waals surface area contributed by atoms with E-state index >= 15 is 0 Å². The number of guanidine groups is 1. The quantitative estimate of drug-likeness (QED) is 0.415. The fourth-order valence-electron chi connectivity index (χ4n) is 1.68. The number of halogens is 2. The predicted molar refractivity (Wildman–Crippen MR) is 89.1 cm³/mol. The van der Waals surface area contributed by atoms with Gasteiger partial charge in [-0.15, -0.1) is 0 Å². The van der Waals surface area contributed by atoms with Gasteiger partial charge in [0.15, 0.2) is 5.96 Å². The highest BCUT2D eigenvalue weighted by molar-refractivity contribution is 7.98. The number of nitrogens with one attached hydrogen (secondary N) is 2. The molecular weight excluding hydrogens is 308 g/mol. The Kier molecular flexibility index (Phi) is 9.37. The second-order valence-electron chi connectivity index (χ2n) is 4.46. The standard InChI is InChI=1S/C15H23F2N3OS/c1-3-18-15(19-7-8-22-2)20-10-12-5-4-6-13(9-12)21-11-14(16)17/h4-6,9,14H,3,7-8,10-11H2,1-2H3,(H2,18,19,20). The topological polar surface area (TPSA) is 45.7 Å². The van der Waals surface area contributed by atoms with Crippen LogP contribution in [0.3, 0.4) is 0 Å². The van der Waals surface area contributed by atoms with Crippen molar-refractivity contribution < 1.29 is 13.5 Å². The molecule has 0 aliphatic carbocycles. The van der Waals surface area contributed by atoms with E-state index in [4.69, 9.17) is 4.74 Å². The molecule has 0 radical (unpaired) electrons. The summed E-state index contributed by atoms with van der Waals surface area (Å²) in [5.41, 5.74) is 0.911. The van der Waals surface area contributed by atoms with Crippen LogP contribution in [0.2, 0.25) is 0 Å². The first-order valence-corrected chi connectivity index (χ1v) is 8.56. The maximum Gasteiger partial charge on any atom is 0.272 e. The molecule has 0 saturated carbocycles. The molecule has 0 saturated heterocycles. The molecule has 0 aliphatic heterocycles. The van der Waals surface area contributed by atoms with Gasteiger partial charge in [0, 0.05) is 18.8 Å². The first-order valence-electron chi connectivity index (χ1n) is 7.16. The molecule has 1 aromatic carbocycles. The highest BCUT2D eigenvalue weighted by Crippen LogP contribution is 2.14. The Balaban J connectivity index is 2.58. The maximum atomic E-state index is 12.1. The highest BCUT2D eigenvalue weighted by atomic mass is 32.2. The van der Waals surface area contributed by atoms with Crippen molar-refractivity contribution in [1.82, 2.24) is 10.6 Å². The van der Waals surface area contributed by atoms with Crippen molar-refractivity contribution in [3.05, 3.63) is 29.8 Å². The lowest BCUT2D eigenvalue weighted by atomic mass is 10.2. The molecular formula is C15H23F2N3OS. The van der Waals surface area contributed by atoms with E-state index in [1.807, 2.05) is 13.0 Å². The maximum absolute atomic E-state index is 12.1. The Labute approximate surface area is 134 Å². The van der Waals surface area contributed by atoms with E-state index in [1.165, 1.54) is 0 Å². The molecule has 0 aromatic heterocycles. The third-order valence-electron chi connectivity index (χ3n) is 2.64. The zero-order chi connectivity index (χ0) is 16.2. The fraction of sp³-hybridized carbons (Fsp3) is 0.533. The summed E-state index contributed by atoms with van der Waals surface area (Å²) >= 11 is 1.76. The number of aliphatic imine (C=N–C) groups is 1. The van der Waals surface area contributed by atoms with Crippen molar-refractivity contribution in [2.45, 2.75) is 19.9 Å². The number of benzene rings is 1. The second-order valence-corrected chi connectivity index (χ2v) is 5.45. The van der Waals surface area contributed by atoms with Gasteiger partial charge >= 0.3 is 0 Å². The number of hydrogen-bond acceptors (Lipinski definition) is 3. The van der Waals surface area contributed by atoms with E-state index in [0.717, 1.165) is 30.4 Å². The van der Waals surface area contributed by atoms with Crippen molar-refractivity contribution in [3.8, 4) is 5.75 Å². The average Bonchev–Trinajstić information content (AvgIpc) is 2.51. The van der Waals surface area contributed by atoms with Crippen molar-refractivity contribution >= 4 is 17.7 Å². The zero-order valence-electron chi connectivity index (χ0n) is 12.9. The predicted octanol–water partition coefficient (Wildman–Crippen LogP) is 2.75. The van der Waals surface area contributed by atoms with Crippen LogP contribution < -0.4 is 15.4 Å². The zero-order valence-corrected chi connectivity index (χ0v) is 13.8. The number of hydrogen-bond donors (Lipinski definition) is 2. The van der Waals surface area contributed by atoms with Gasteiger partial charge in [0.2, 0.25) is 0 Å². The molecule has 0 aliphatic rings. The van der Waals surface area contributed by atoms with Crippen molar-refractivity contribution in [2.24, 2.45) is 4.99 Å². The number of ether oxygens (including phenoxy) is 1. The Bertz CT molecular complexity index is 458. The molecule has 0 unspecified atom stereocenters. The molecule has 0 amide bonds. The van der Waals surface area contributed by atoms with Crippen LogP contribution in [0.25, 0.3) is 0 Å². The Morgan fingerprint density at radius 1 is 1.36 bits per heavy atom. The molecule has 0 bridgehead atoms.